The van der Waals surface area contributed by atoms with Crippen LogP contribution in [0.1, 0.15) is 50.8 Å². The zero-order chi connectivity index (χ0) is 25.4. The molecule has 7 heteroatoms. The molecule has 7 nitrogen and oxygen atoms in total. The van der Waals surface area contributed by atoms with Crippen LogP contribution in [0.5, 0.6) is 5.75 Å². The molecule has 36 heavy (non-hydrogen) atoms. The first-order valence-electron chi connectivity index (χ1n) is 12.0. The van der Waals surface area contributed by atoms with Crippen molar-refractivity contribution in [2.75, 3.05) is 0 Å². The molecule has 0 unspecified atom stereocenters. The predicted octanol–water partition coefficient (Wildman–Crippen LogP) is 6.79. The molecule has 0 radical (unpaired) electrons. The number of aryl methyl sites for hydroxylation is 2. The van der Waals surface area contributed by atoms with E-state index in [9.17, 15) is 9.90 Å². The van der Waals surface area contributed by atoms with Crippen molar-refractivity contribution in [3.63, 3.8) is 0 Å². The molecule has 0 spiro atoms. The summed E-state index contributed by atoms with van der Waals surface area (Å²) in [4.78, 5) is 16.2. The molecular weight excluding hydrogens is 456 g/mol. The second-order valence-electron chi connectivity index (χ2n) is 9.75. The molecule has 0 amide bonds. The summed E-state index contributed by atoms with van der Waals surface area (Å²) in [6.07, 6.45) is 1.27. The minimum atomic E-state index is -1.35. The van der Waals surface area contributed by atoms with Gasteiger partial charge in [0.2, 0.25) is 5.89 Å². The van der Waals surface area contributed by atoms with Gasteiger partial charge in [-0.15, -0.1) is 0 Å². The number of nitrogens with zero attached hydrogens (tertiary/aromatic N) is 2. The van der Waals surface area contributed by atoms with Crippen molar-refractivity contribution in [1.82, 2.24) is 10.1 Å². The SMILES string of the molecule is CC(C)c1oc(-c2ccc3ccccc3c2)nc1CCc1noc2cc(OC(C)(C)C(=O)O)ccc12. The quantitative estimate of drug-likeness (QED) is 0.259. The first-order chi connectivity index (χ1) is 17.2. The maximum atomic E-state index is 11.4. The van der Waals surface area contributed by atoms with E-state index in [1.807, 2.05) is 24.3 Å². The Labute approximate surface area is 208 Å². The third-order valence-electron chi connectivity index (χ3n) is 6.25. The molecule has 2 heterocycles. The lowest BCUT2D eigenvalue weighted by molar-refractivity contribution is -0.152. The van der Waals surface area contributed by atoms with Crippen LogP contribution in [0.2, 0.25) is 0 Å². The van der Waals surface area contributed by atoms with Crippen molar-refractivity contribution >= 4 is 27.7 Å². The monoisotopic (exact) mass is 484 g/mol. The fraction of sp³-hybridized carbons (Fsp3) is 0.276. The molecule has 184 valence electrons. The number of fused-ring (bicyclic) bond motifs is 2. The van der Waals surface area contributed by atoms with E-state index in [0.717, 1.165) is 33.5 Å². The van der Waals surface area contributed by atoms with Gasteiger partial charge in [-0.3, -0.25) is 0 Å². The van der Waals surface area contributed by atoms with Gasteiger partial charge in [0.1, 0.15) is 11.5 Å². The van der Waals surface area contributed by atoms with Crippen LogP contribution in [-0.2, 0) is 17.6 Å². The van der Waals surface area contributed by atoms with Crippen molar-refractivity contribution < 1.29 is 23.6 Å². The van der Waals surface area contributed by atoms with Gasteiger partial charge in [0.05, 0.1) is 11.4 Å². The lowest BCUT2D eigenvalue weighted by Gasteiger charge is -2.21. The number of oxazole rings is 1. The Bertz CT molecular complexity index is 1560. The molecule has 1 N–H and O–H groups in total. The second-order valence-corrected chi connectivity index (χ2v) is 9.75. The number of aliphatic carboxylic acids is 1. The Morgan fingerprint density at radius 1 is 1.00 bits per heavy atom. The average Bonchev–Trinajstić information content (AvgIpc) is 3.46. The summed E-state index contributed by atoms with van der Waals surface area (Å²) in [5.74, 6) is 1.05. The first kappa shape index (κ1) is 23.6. The highest BCUT2D eigenvalue weighted by molar-refractivity contribution is 5.86. The fourth-order valence-corrected chi connectivity index (χ4v) is 4.23. The van der Waals surface area contributed by atoms with Crippen molar-refractivity contribution in [3.8, 4) is 17.2 Å². The number of benzene rings is 3. The number of carboxylic acids is 1. The van der Waals surface area contributed by atoms with Gasteiger partial charge in [0.25, 0.3) is 0 Å². The predicted molar refractivity (Wildman–Crippen MR) is 137 cm³/mol. The molecule has 0 aliphatic heterocycles. The Balaban J connectivity index is 1.38. The number of carboxylic acid groups (broad SMARTS) is 1. The molecule has 0 saturated heterocycles. The van der Waals surface area contributed by atoms with Crippen LogP contribution in [0.3, 0.4) is 0 Å². The molecule has 3 aromatic carbocycles. The van der Waals surface area contributed by atoms with Crippen LogP contribution < -0.4 is 4.74 Å². The van der Waals surface area contributed by atoms with Crippen LogP contribution in [-0.4, -0.2) is 26.8 Å². The smallest absolute Gasteiger partial charge is 0.347 e. The van der Waals surface area contributed by atoms with E-state index in [0.29, 0.717) is 30.1 Å². The van der Waals surface area contributed by atoms with Gasteiger partial charge in [-0.2, -0.15) is 0 Å². The summed E-state index contributed by atoms with van der Waals surface area (Å²) >= 11 is 0. The summed E-state index contributed by atoms with van der Waals surface area (Å²) in [5.41, 5.74) is 1.86. The van der Waals surface area contributed by atoms with E-state index in [2.05, 4.69) is 43.3 Å². The first-order valence-corrected chi connectivity index (χ1v) is 12.0. The lowest BCUT2D eigenvalue weighted by atomic mass is 10.0. The van der Waals surface area contributed by atoms with E-state index in [1.165, 1.54) is 19.2 Å². The molecule has 5 aromatic rings. The lowest BCUT2D eigenvalue weighted by Crippen LogP contribution is -2.37. The number of hydrogen-bond donors (Lipinski definition) is 1. The molecule has 0 fully saturated rings. The van der Waals surface area contributed by atoms with Crippen LogP contribution in [0.4, 0.5) is 0 Å². The topological polar surface area (TPSA) is 98.6 Å². The van der Waals surface area contributed by atoms with Gasteiger partial charge in [-0.05, 0) is 61.7 Å². The highest BCUT2D eigenvalue weighted by atomic mass is 16.5. The average molecular weight is 485 g/mol. The van der Waals surface area contributed by atoms with Crippen LogP contribution in [0.25, 0.3) is 33.2 Å². The second kappa shape index (κ2) is 9.15. The number of rotatable bonds is 8. The molecule has 0 aliphatic carbocycles. The van der Waals surface area contributed by atoms with Gasteiger partial charge in [-0.1, -0.05) is 49.3 Å². The third kappa shape index (κ3) is 4.56. The van der Waals surface area contributed by atoms with Gasteiger partial charge in [-0.25, -0.2) is 9.78 Å². The minimum Gasteiger partial charge on any atom is -0.478 e. The Hall–Kier alpha value is -4.13. The van der Waals surface area contributed by atoms with Crippen LogP contribution >= 0.6 is 0 Å². The van der Waals surface area contributed by atoms with Crippen LogP contribution in [0.15, 0.2) is 69.6 Å². The van der Waals surface area contributed by atoms with Gasteiger partial charge in [0, 0.05) is 22.9 Å². The largest absolute Gasteiger partial charge is 0.478 e. The fourth-order valence-electron chi connectivity index (χ4n) is 4.23. The zero-order valence-electron chi connectivity index (χ0n) is 20.7. The highest BCUT2D eigenvalue weighted by Gasteiger charge is 2.29. The Morgan fingerprint density at radius 3 is 2.50 bits per heavy atom. The normalized spacial score (nSPS) is 12.0. The van der Waals surface area contributed by atoms with E-state index >= 15 is 0 Å². The molecule has 0 atom stereocenters. The number of aromatic nitrogens is 2. The third-order valence-corrected chi connectivity index (χ3v) is 6.25. The van der Waals surface area contributed by atoms with Crippen molar-refractivity contribution in [2.45, 2.75) is 52.1 Å². The van der Waals surface area contributed by atoms with E-state index < -0.39 is 11.6 Å². The minimum absolute atomic E-state index is 0.188. The van der Waals surface area contributed by atoms with Gasteiger partial charge in [0.15, 0.2) is 11.2 Å². The molecule has 0 aliphatic rings. The molecule has 0 saturated carbocycles. The Kier molecular flexibility index (Phi) is 6.00. The summed E-state index contributed by atoms with van der Waals surface area (Å²) in [6.45, 7) is 7.20. The van der Waals surface area contributed by atoms with E-state index in [-0.39, 0.29) is 5.92 Å². The maximum absolute atomic E-state index is 11.4. The zero-order valence-corrected chi connectivity index (χ0v) is 20.7. The standard InChI is InChI=1S/C29H28N2O5/c1-17(2)26-24(30-27(34-26)20-10-9-18-7-5-6-8-19(18)15-20)14-13-23-22-12-11-21(16-25(22)36-31-23)35-29(3,4)28(32)33/h5-12,15-17H,13-14H2,1-4H3,(H,32,33). The number of ether oxygens (including phenoxy) is 1. The number of hydrogen-bond acceptors (Lipinski definition) is 6. The summed E-state index contributed by atoms with van der Waals surface area (Å²) in [7, 11) is 0. The molecule has 2 aromatic heterocycles. The summed E-state index contributed by atoms with van der Waals surface area (Å²) < 4.78 is 17.4. The van der Waals surface area contributed by atoms with Gasteiger partial charge < -0.3 is 18.8 Å². The molecular formula is C29H28N2O5. The van der Waals surface area contributed by atoms with E-state index in [1.54, 1.807) is 12.1 Å². The van der Waals surface area contributed by atoms with Crippen LogP contribution in [0, 0.1) is 0 Å². The Morgan fingerprint density at radius 2 is 1.75 bits per heavy atom. The van der Waals surface area contributed by atoms with Gasteiger partial charge >= 0.3 is 5.97 Å². The molecule has 0 bridgehead atoms. The number of carbonyl (C=O) groups is 1. The summed E-state index contributed by atoms with van der Waals surface area (Å²) in [6, 6.07) is 19.7. The highest BCUT2D eigenvalue weighted by Crippen LogP contribution is 2.31. The van der Waals surface area contributed by atoms with Crippen molar-refractivity contribution in [3.05, 3.63) is 77.8 Å². The summed E-state index contributed by atoms with van der Waals surface area (Å²) in [5, 5.41) is 16.7. The molecule has 5 rings (SSSR count). The maximum Gasteiger partial charge on any atom is 0.347 e. The van der Waals surface area contributed by atoms with Crippen molar-refractivity contribution in [2.24, 2.45) is 0 Å². The van der Waals surface area contributed by atoms with E-state index in [4.69, 9.17) is 18.7 Å². The van der Waals surface area contributed by atoms with Crippen molar-refractivity contribution in [1.29, 1.82) is 0 Å².